The summed E-state index contributed by atoms with van der Waals surface area (Å²) in [4.78, 5) is 0. The minimum absolute atomic E-state index is 0.188. The van der Waals surface area contributed by atoms with Crippen LogP contribution in [0.3, 0.4) is 0 Å². The first-order chi connectivity index (χ1) is 9.58. The molecule has 0 amide bonds. The molecule has 2 heterocycles. The number of hydrogen-bond acceptors (Lipinski definition) is 3. The molecule has 1 aromatic heterocycles. The van der Waals surface area contributed by atoms with E-state index in [1.54, 1.807) is 11.3 Å². The summed E-state index contributed by atoms with van der Waals surface area (Å²) in [5.41, 5.74) is 3.84. The zero-order chi connectivity index (χ0) is 14.3. The lowest BCUT2D eigenvalue weighted by Crippen LogP contribution is -2.17. The van der Waals surface area contributed by atoms with Crippen LogP contribution >= 0.6 is 43.2 Å². The maximum Gasteiger partial charge on any atom is 0.123 e. The molecule has 2 atom stereocenters. The summed E-state index contributed by atoms with van der Waals surface area (Å²) in [6.07, 6.45) is 1.28. The molecule has 1 aliphatic rings. The van der Waals surface area contributed by atoms with Crippen molar-refractivity contribution in [3.63, 3.8) is 0 Å². The Kier molecular flexibility index (Phi) is 4.22. The highest BCUT2D eigenvalue weighted by Crippen LogP contribution is 2.39. The van der Waals surface area contributed by atoms with Crippen LogP contribution in [0.4, 0.5) is 0 Å². The zero-order valence-corrected chi connectivity index (χ0v) is 15.2. The van der Waals surface area contributed by atoms with Crippen LogP contribution in [-0.4, -0.2) is 13.2 Å². The van der Waals surface area contributed by atoms with Gasteiger partial charge in [0.1, 0.15) is 11.9 Å². The van der Waals surface area contributed by atoms with Gasteiger partial charge in [-0.1, -0.05) is 12.1 Å². The van der Waals surface area contributed by atoms with E-state index in [1.807, 2.05) is 7.05 Å². The quantitative estimate of drug-likeness (QED) is 0.767. The molecule has 2 aromatic rings. The third kappa shape index (κ3) is 2.69. The predicted octanol–water partition coefficient (Wildman–Crippen LogP) is 4.91. The molecule has 2 nitrogen and oxygen atoms in total. The third-order valence-corrected chi connectivity index (χ3v) is 5.92. The van der Waals surface area contributed by atoms with Gasteiger partial charge in [0.25, 0.3) is 0 Å². The summed E-state index contributed by atoms with van der Waals surface area (Å²) in [6.45, 7) is 2.11. The van der Waals surface area contributed by atoms with Crippen LogP contribution in [0.2, 0.25) is 0 Å². The molecule has 0 aliphatic carbocycles. The molecular formula is C15H15Br2NOS. The first kappa shape index (κ1) is 14.6. The van der Waals surface area contributed by atoms with Gasteiger partial charge in [-0.2, -0.15) is 0 Å². The zero-order valence-electron chi connectivity index (χ0n) is 11.2. The maximum absolute atomic E-state index is 5.77. The Hall–Kier alpha value is -0.360. The highest BCUT2D eigenvalue weighted by molar-refractivity contribution is 9.12. The van der Waals surface area contributed by atoms with E-state index in [9.17, 15) is 0 Å². The summed E-state index contributed by atoms with van der Waals surface area (Å²) >= 11 is 8.91. The van der Waals surface area contributed by atoms with E-state index in [4.69, 9.17) is 4.74 Å². The number of nitrogens with one attached hydrogen (secondary N) is 1. The highest BCUT2D eigenvalue weighted by Gasteiger charge is 2.23. The predicted molar refractivity (Wildman–Crippen MR) is 90.9 cm³/mol. The summed E-state index contributed by atoms with van der Waals surface area (Å²) in [7, 11) is 2.00. The molecule has 106 valence electrons. The summed E-state index contributed by atoms with van der Waals surface area (Å²) in [6, 6.07) is 8.86. The first-order valence-electron chi connectivity index (χ1n) is 6.50. The van der Waals surface area contributed by atoms with Gasteiger partial charge in [0.2, 0.25) is 0 Å². The molecule has 20 heavy (non-hydrogen) atoms. The van der Waals surface area contributed by atoms with Crippen molar-refractivity contribution in [1.29, 1.82) is 0 Å². The smallest absolute Gasteiger partial charge is 0.123 e. The number of thiophene rings is 1. The maximum atomic E-state index is 5.77. The van der Waals surface area contributed by atoms with Crippen LogP contribution in [-0.2, 0) is 6.42 Å². The van der Waals surface area contributed by atoms with Crippen molar-refractivity contribution < 1.29 is 4.74 Å². The molecule has 1 aromatic carbocycles. The van der Waals surface area contributed by atoms with Crippen molar-refractivity contribution in [2.24, 2.45) is 0 Å². The van der Waals surface area contributed by atoms with Crippen LogP contribution in [0.5, 0.6) is 5.75 Å². The van der Waals surface area contributed by atoms with E-state index in [0.717, 1.165) is 19.7 Å². The normalized spacial score (nSPS) is 18.7. The number of fused-ring (bicyclic) bond motifs is 1. The monoisotopic (exact) mass is 415 g/mol. The van der Waals surface area contributed by atoms with Gasteiger partial charge in [-0.3, -0.25) is 0 Å². The molecule has 1 N–H and O–H groups in total. The van der Waals surface area contributed by atoms with Gasteiger partial charge in [0, 0.05) is 6.42 Å². The number of halogens is 2. The number of rotatable bonds is 3. The number of ether oxygens (including phenoxy) is 1. The average Bonchev–Trinajstić information content (AvgIpc) is 2.92. The Morgan fingerprint density at radius 3 is 2.80 bits per heavy atom. The van der Waals surface area contributed by atoms with E-state index < -0.39 is 0 Å². The fourth-order valence-corrected chi connectivity index (χ4v) is 5.58. The van der Waals surface area contributed by atoms with Crippen molar-refractivity contribution in [3.8, 4) is 5.75 Å². The van der Waals surface area contributed by atoms with Gasteiger partial charge in [-0.25, -0.2) is 0 Å². The van der Waals surface area contributed by atoms with Gasteiger partial charge in [-0.15, -0.1) is 11.3 Å². The van der Waals surface area contributed by atoms with E-state index >= 15 is 0 Å². The second kappa shape index (κ2) is 5.79. The average molecular weight is 417 g/mol. The Labute approximate surface area is 139 Å². The van der Waals surface area contributed by atoms with Crippen molar-refractivity contribution in [2.45, 2.75) is 25.5 Å². The van der Waals surface area contributed by atoms with E-state index in [1.165, 1.54) is 16.7 Å². The molecule has 3 rings (SSSR count). The Bertz CT molecular complexity index is 641. The minimum Gasteiger partial charge on any atom is -0.490 e. The largest absolute Gasteiger partial charge is 0.490 e. The highest BCUT2D eigenvalue weighted by atomic mass is 79.9. The molecular weight excluding hydrogens is 402 g/mol. The van der Waals surface area contributed by atoms with Gasteiger partial charge in [0.15, 0.2) is 0 Å². The van der Waals surface area contributed by atoms with Crippen molar-refractivity contribution in [1.82, 2.24) is 5.32 Å². The molecule has 0 saturated heterocycles. The molecule has 0 fully saturated rings. The van der Waals surface area contributed by atoms with Crippen LogP contribution in [0.15, 0.2) is 31.8 Å². The molecule has 0 spiro atoms. The number of benzene rings is 1. The molecule has 2 unspecified atom stereocenters. The Morgan fingerprint density at radius 2 is 2.15 bits per heavy atom. The van der Waals surface area contributed by atoms with Crippen LogP contribution < -0.4 is 10.1 Å². The topological polar surface area (TPSA) is 21.3 Å². The summed E-state index contributed by atoms with van der Waals surface area (Å²) < 4.78 is 8.07. The van der Waals surface area contributed by atoms with Crippen LogP contribution in [0, 0.1) is 0 Å². The lowest BCUT2D eigenvalue weighted by atomic mass is 9.98. The van der Waals surface area contributed by atoms with Crippen LogP contribution in [0.25, 0.3) is 0 Å². The van der Waals surface area contributed by atoms with Crippen molar-refractivity contribution in [2.75, 3.05) is 7.05 Å². The Balaban J connectivity index is 1.98. The summed E-state index contributed by atoms with van der Waals surface area (Å²) in [5, 5.41) is 3.41. The third-order valence-electron chi connectivity index (χ3n) is 3.54. The van der Waals surface area contributed by atoms with E-state index in [2.05, 4.69) is 68.4 Å². The van der Waals surface area contributed by atoms with Crippen LogP contribution in [0.1, 0.15) is 29.7 Å². The van der Waals surface area contributed by atoms with E-state index in [-0.39, 0.29) is 12.1 Å². The SMILES string of the molecule is CNC(c1ccc2c(c1)CC(C)O2)c1cc(Br)sc1Br. The fourth-order valence-electron chi connectivity index (χ4n) is 2.67. The lowest BCUT2D eigenvalue weighted by Gasteiger charge is -2.17. The molecule has 0 saturated carbocycles. The van der Waals surface area contributed by atoms with Gasteiger partial charge in [0.05, 0.1) is 13.6 Å². The van der Waals surface area contributed by atoms with E-state index in [0.29, 0.717) is 0 Å². The Morgan fingerprint density at radius 1 is 1.35 bits per heavy atom. The van der Waals surface area contributed by atoms with Crippen molar-refractivity contribution >= 4 is 43.2 Å². The second-order valence-electron chi connectivity index (χ2n) is 5.00. The first-order valence-corrected chi connectivity index (χ1v) is 8.90. The standard InChI is InChI=1S/C15H15Br2NOS/c1-8-5-10-6-9(3-4-12(10)19-8)14(18-2)11-7-13(16)20-15(11)17/h3-4,6-8,14,18H,5H2,1-2H3. The molecule has 0 radical (unpaired) electrons. The molecule has 0 bridgehead atoms. The lowest BCUT2D eigenvalue weighted by molar-refractivity contribution is 0.254. The summed E-state index contributed by atoms with van der Waals surface area (Å²) in [5.74, 6) is 1.03. The second-order valence-corrected chi connectivity index (χ2v) is 8.75. The minimum atomic E-state index is 0.188. The van der Waals surface area contributed by atoms with Gasteiger partial charge >= 0.3 is 0 Å². The van der Waals surface area contributed by atoms with Gasteiger partial charge in [-0.05, 0) is 74.7 Å². The molecule has 1 aliphatic heterocycles. The molecule has 5 heteroatoms. The van der Waals surface area contributed by atoms with Crippen molar-refractivity contribution in [3.05, 3.63) is 48.5 Å². The van der Waals surface area contributed by atoms with Gasteiger partial charge < -0.3 is 10.1 Å². The fraction of sp³-hybridized carbons (Fsp3) is 0.333. The number of hydrogen-bond donors (Lipinski definition) is 1.